The van der Waals surface area contributed by atoms with E-state index >= 15 is 0 Å². The van der Waals surface area contributed by atoms with Crippen molar-refractivity contribution in [1.82, 2.24) is 0 Å². The normalized spacial score (nSPS) is 12.5. The van der Waals surface area contributed by atoms with Crippen molar-refractivity contribution in [3.05, 3.63) is 5.21 Å². The third-order valence-corrected chi connectivity index (χ3v) is 7.12. The van der Waals surface area contributed by atoms with Gasteiger partial charge in [-0.2, -0.15) is 0 Å². The van der Waals surface area contributed by atoms with Gasteiger partial charge in [-0.25, -0.2) is 0 Å². The number of quaternary nitrogens is 1. The minimum Gasteiger partial charge on any atom is -0.634 e. The van der Waals surface area contributed by atoms with Crippen molar-refractivity contribution in [1.29, 1.82) is 0 Å². The van der Waals surface area contributed by atoms with Crippen LogP contribution in [0.4, 0.5) is 0 Å². The minimum atomic E-state index is 0.524. The van der Waals surface area contributed by atoms with Crippen molar-refractivity contribution in [2.45, 2.75) is 181 Å². The number of hydroxylamine groups is 2. The first-order valence-electron chi connectivity index (χ1n) is 15.3. The van der Waals surface area contributed by atoms with Gasteiger partial charge >= 0.3 is 0 Å². The van der Waals surface area contributed by atoms with Gasteiger partial charge in [-0.3, -0.25) is 0 Å². The van der Waals surface area contributed by atoms with Crippen LogP contribution in [0.3, 0.4) is 0 Å². The van der Waals surface area contributed by atoms with Crippen LogP contribution in [0.15, 0.2) is 0 Å². The largest absolute Gasteiger partial charge is 0.634 e. The summed E-state index contributed by atoms with van der Waals surface area (Å²) in [5.74, 6) is 0. The molecule has 0 aliphatic rings. The smallest absolute Gasteiger partial charge is 0.0768 e. The fourth-order valence-corrected chi connectivity index (χ4v) is 4.80. The van der Waals surface area contributed by atoms with Crippen molar-refractivity contribution in [3.8, 4) is 0 Å². The van der Waals surface area contributed by atoms with Gasteiger partial charge < -0.3 is 10.3 Å². The average molecular weight is 454 g/mol. The fraction of sp³-hybridized carbons (Fsp3) is 1.00. The Morgan fingerprint density at radius 2 is 0.500 bits per heavy atom. The van der Waals surface area contributed by atoms with Crippen LogP contribution in [0, 0.1) is 5.21 Å². The molecule has 0 bridgehead atoms. The quantitative estimate of drug-likeness (QED) is 0.0926. The van der Waals surface area contributed by atoms with Crippen LogP contribution < -0.4 is 5.06 Å². The molecule has 0 rings (SSSR count). The summed E-state index contributed by atoms with van der Waals surface area (Å²) in [5.41, 5.74) is 0. The second-order valence-corrected chi connectivity index (χ2v) is 10.5. The summed E-state index contributed by atoms with van der Waals surface area (Å²) < 4.78 is 0. The van der Waals surface area contributed by atoms with Crippen molar-refractivity contribution in [3.63, 3.8) is 0 Å². The highest BCUT2D eigenvalue weighted by Gasteiger charge is 1.99. The second-order valence-electron chi connectivity index (χ2n) is 10.5. The zero-order valence-corrected chi connectivity index (χ0v) is 22.7. The van der Waals surface area contributed by atoms with Gasteiger partial charge in [0.05, 0.1) is 13.1 Å². The highest BCUT2D eigenvalue weighted by Crippen LogP contribution is 2.13. The van der Waals surface area contributed by atoms with Crippen LogP contribution in [0.1, 0.15) is 181 Å². The van der Waals surface area contributed by atoms with Crippen LogP contribution in [0.2, 0.25) is 0 Å². The summed E-state index contributed by atoms with van der Waals surface area (Å²) in [6.07, 6.45) is 35.8. The zero-order chi connectivity index (χ0) is 23.4. The Hall–Kier alpha value is -0.0800. The molecule has 0 heterocycles. The van der Waals surface area contributed by atoms with Gasteiger partial charge in [0.15, 0.2) is 0 Å². The Morgan fingerprint density at radius 1 is 0.312 bits per heavy atom. The molecule has 32 heavy (non-hydrogen) atoms. The number of rotatable bonds is 28. The third-order valence-electron chi connectivity index (χ3n) is 7.12. The molecule has 0 aromatic carbocycles. The lowest BCUT2D eigenvalue weighted by atomic mass is 10.0. The molecule has 1 N–H and O–H groups in total. The van der Waals surface area contributed by atoms with Gasteiger partial charge in [0.1, 0.15) is 0 Å². The Kier molecular flexibility index (Phi) is 28.9. The molecule has 0 saturated carbocycles. The monoisotopic (exact) mass is 453 g/mol. The van der Waals surface area contributed by atoms with Gasteiger partial charge in [-0.05, 0) is 25.7 Å². The highest BCUT2D eigenvalue weighted by atomic mass is 16.5. The van der Waals surface area contributed by atoms with Crippen molar-refractivity contribution in [2.75, 3.05) is 13.1 Å². The maximum atomic E-state index is 12.0. The van der Waals surface area contributed by atoms with Crippen LogP contribution in [0.25, 0.3) is 0 Å². The van der Waals surface area contributed by atoms with E-state index in [-0.39, 0.29) is 0 Å². The van der Waals surface area contributed by atoms with Crippen LogP contribution >= 0.6 is 0 Å². The molecule has 0 amide bonds. The van der Waals surface area contributed by atoms with E-state index in [1.165, 1.54) is 154 Å². The van der Waals surface area contributed by atoms with E-state index in [1.807, 2.05) is 0 Å². The van der Waals surface area contributed by atoms with Crippen molar-refractivity contribution >= 4 is 0 Å². The fourth-order valence-electron chi connectivity index (χ4n) is 4.80. The summed E-state index contributed by atoms with van der Waals surface area (Å²) in [6, 6.07) is 0. The lowest BCUT2D eigenvalue weighted by Crippen LogP contribution is -3.07. The molecule has 0 aromatic heterocycles. The first kappa shape index (κ1) is 31.9. The van der Waals surface area contributed by atoms with Crippen LogP contribution in [-0.4, -0.2) is 13.1 Å². The molecule has 0 aliphatic carbocycles. The Labute approximate surface area is 204 Å². The van der Waals surface area contributed by atoms with E-state index in [4.69, 9.17) is 0 Å². The average Bonchev–Trinajstić information content (AvgIpc) is 2.80. The van der Waals surface area contributed by atoms with Gasteiger partial charge in [0.25, 0.3) is 0 Å². The molecular weight excluding hydrogens is 390 g/mol. The van der Waals surface area contributed by atoms with Gasteiger partial charge in [0.2, 0.25) is 0 Å². The topological polar surface area (TPSA) is 27.5 Å². The molecule has 2 heteroatoms. The van der Waals surface area contributed by atoms with E-state index in [1.54, 1.807) is 0 Å². The molecule has 1 atom stereocenters. The first-order chi connectivity index (χ1) is 15.8. The number of unbranched alkanes of at least 4 members (excludes halogenated alkanes) is 24. The Balaban J connectivity index is 3.13. The van der Waals surface area contributed by atoms with E-state index in [9.17, 15) is 5.21 Å². The molecule has 0 fully saturated rings. The standard InChI is InChI=1S/C30H63NO/c1-3-5-7-9-11-13-15-17-18-20-22-24-26-28-30-31(32)29-27-25-23-21-19-16-14-12-10-8-6-4-2/h31H,3-30H2,1-2H3. The van der Waals surface area contributed by atoms with Gasteiger partial charge in [-0.1, -0.05) is 155 Å². The molecule has 0 aliphatic heterocycles. The number of nitrogens with one attached hydrogen (secondary N) is 1. The predicted molar refractivity (Wildman–Crippen MR) is 145 cm³/mol. The lowest BCUT2D eigenvalue weighted by Gasteiger charge is -2.22. The number of hydrogen-bond donors (Lipinski definition) is 1. The summed E-state index contributed by atoms with van der Waals surface area (Å²) in [4.78, 5) is 0. The molecule has 1 unspecified atom stereocenters. The molecule has 0 spiro atoms. The van der Waals surface area contributed by atoms with E-state index in [0.29, 0.717) is 5.06 Å². The molecule has 0 aromatic rings. The second kappa shape index (κ2) is 29.0. The molecule has 194 valence electrons. The minimum absolute atomic E-state index is 0.524. The van der Waals surface area contributed by atoms with E-state index < -0.39 is 0 Å². The Bertz CT molecular complexity index is 320. The summed E-state index contributed by atoms with van der Waals surface area (Å²) >= 11 is 0. The molecule has 0 saturated heterocycles. The summed E-state index contributed by atoms with van der Waals surface area (Å²) in [5, 5.41) is 12.6. The van der Waals surface area contributed by atoms with E-state index in [2.05, 4.69) is 13.8 Å². The van der Waals surface area contributed by atoms with Crippen LogP contribution in [0.5, 0.6) is 0 Å². The molecular formula is C30H63NO. The van der Waals surface area contributed by atoms with Gasteiger partial charge in [0, 0.05) is 0 Å². The van der Waals surface area contributed by atoms with Gasteiger partial charge in [-0.15, -0.1) is 0 Å². The maximum absolute atomic E-state index is 12.0. The summed E-state index contributed by atoms with van der Waals surface area (Å²) in [7, 11) is 0. The molecule has 0 radical (unpaired) electrons. The zero-order valence-electron chi connectivity index (χ0n) is 22.7. The Morgan fingerprint density at radius 3 is 0.719 bits per heavy atom. The first-order valence-corrected chi connectivity index (χ1v) is 15.3. The maximum Gasteiger partial charge on any atom is 0.0768 e. The van der Waals surface area contributed by atoms with E-state index in [0.717, 1.165) is 25.9 Å². The summed E-state index contributed by atoms with van der Waals surface area (Å²) in [6.45, 7) is 6.26. The lowest BCUT2D eigenvalue weighted by molar-refractivity contribution is -0.848. The number of hydrogen-bond acceptors (Lipinski definition) is 1. The third kappa shape index (κ3) is 28.0. The SMILES string of the molecule is CCCCCCCCCCCCCCCC[NH+]([O-])CCCCCCCCCCCCCC. The van der Waals surface area contributed by atoms with Crippen LogP contribution in [-0.2, 0) is 0 Å². The van der Waals surface area contributed by atoms with Crippen molar-refractivity contribution < 1.29 is 5.06 Å². The molecule has 2 nitrogen and oxygen atoms in total. The predicted octanol–water partition coefficient (Wildman–Crippen LogP) is 9.55. The highest BCUT2D eigenvalue weighted by molar-refractivity contribution is 4.50. The van der Waals surface area contributed by atoms with Crippen molar-refractivity contribution in [2.24, 2.45) is 0 Å².